The van der Waals surface area contributed by atoms with Crippen molar-refractivity contribution in [2.75, 3.05) is 25.2 Å². The van der Waals surface area contributed by atoms with Gasteiger partial charge in [-0.05, 0) is 11.1 Å². The molecule has 16 heteroatoms. The Balaban J connectivity index is 1.28. The van der Waals surface area contributed by atoms with Gasteiger partial charge in [-0.25, -0.2) is 9.78 Å². The average molecular weight is 664 g/mol. The number of thioether (sulfide) groups is 1. The van der Waals surface area contributed by atoms with Crippen LogP contribution < -0.4 is 11.1 Å². The Morgan fingerprint density at radius 2 is 1.87 bits per heavy atom. The van der Waals surface area contributed by atoms with Crippen LogP contribution in [0.3, 0.4) is 0 Å². The van der Waals surface area contributed by atoms with Crippen LogP contribution >= 0.6 is 34.4 Å². The van der Waals surface area contributed by atoms with Gasteiger partial charge in [0, 0.05) is 5.38 Å². The van der Waals surface area contributed by atoms with E-state index >= 15 is 0 Å². The number of hydrogen-bond acceptors (Lipinski definition) is 14. The van der Waals surface area contributed by atoms with Gasteiger partial charge in [0.1, 0.15) is 42.8 Å². The Hall–Kier alpha value is -4.80. The Labute approximate surface area is 269 Å². The molecule has 2 amide bonds. The molecule has 0 radical (unpaired) electrons. The molecule has 1 saturated heterocycles. The SMILES string of the molecule is CO/N=C(\C(=O)NC1C(=O)N2C(C(=O)OC(c3ccccc3)c3ccccc3)=C(CSc3nncs3)OCC12)c1csc(N)n1. The number of esters is 1. The predicted octanol–water partition coefficient (Wildman–Crippen LogP) is 2.99. The van der Waals surface area contributed by atoms with Crippen molar-refractivity contribution in [1.29, 1.82) is 0 Å². The number of nitrogens with one attached hydrogen (secondary N) is 1. The van der Waals surface area contributed by atoms with E-state index in [1.807, 2.05) is 60.7 Å². The summed E-state index contributed by atoms with van der Waals surface area (Å²) in [6, 6.07) is 16.9. The first-order chi connectivity index (χ1) is 21.9. The zero-order chi connectivity index (χ0) is 31.3. The second kappa shape index (κ2) is 13.5. The van der Waals surface area contributed by atoms with Crippen molar-refractivity contribution in [1.82, 2.24) is 25.4 Å². The zero-order valence-corrected chi connectivity index (χ0v) is 26.0. The third kappa shape index (κ3) is 6.38. The smallest absolute Gasteiger partial charge is 0.359 e. The molecule has 13 nitrogen and oxygen atoms in total. The van der Waals surface area contributed by atoms with E-state index in [1.165, 1.54) is 35.1 Å². The van der Waals surface area contributed by atoms with Crippen molar-refractivity contribution in [3.8, 4) is 0 Å². The maximum absolute atomic E-state index is 14.0. The monoisotopic (exact) mass is 663 g/mol. The first kappa shape index (κ1) is 30.2. The van der Waals surface area contributed by atoms with Crippen LogP contribution in [0.15, 0.2) is 92.5 Å². The van der Waals surface area contributed by atoms with Gasteiger partial charge in [-0.1, -0.05) is 88.9 Å². The molecule has 2 unspecified atom stereocenters. The highest BCUT2D eigenvalue weighted by Gasteiger charge is 2.55. The molecule has 2 aromatic heterocycles. The Morgan fingerprint density at radius 3 is 2.47 bits per heavy atom. The molecule has 0 bridgehead atoms. The number of anilines is 1. The number of oxime groups is 1. The first-order valence-electron chi connectivity index (χ1n) is 13.5. The third-order valence-corrected chi connectivity index (χ3v) is 9.43. The number of β-lactam (4-membered cyclic amide) rings is 1. The quantitative estimate of drug-likeness (QED) is 0.0795. The van der Waals surface area contributed by atoms with Crippen molar-refractivity contribution in [2.24, 2.45) is 5.16 Å². The molecule has 2 atom stereocenters. The van der Waals surface area contributed by atoms with Crippen LogP contribution in [0.1, 0.15) is 22.9 Å². The lowest BCUT2D eigenvalue weighted by atomic mass is 9.92. The summed E-state index contributed by atoms with van der Waals surface area (Å²) in [6.07, 6.45) is -0.755. The molecule has 4 aromatic rings. The van der Waals surface area contributed by atoms with Crippen molar-refractivity contribution >= 4 is 63.1 Å². The highest BCUT2D eigenvalue weighted by molar-refractivity contribution is 8.01. The van der Waals surface area contributed by atoms with Gasteiger partial charge in [0.15, 0.2) is 27.0 Å². The molecule has 0 aliphatic carbocycles. The molecular formula is C29H25N7O6S3. The van der Waals surface area contributed by atoms with E-state index in [9.17, 15) is 14.4 Å². The Kier molecular flexibility index (Phi) is 9.04. The summed E-state index contributed by atoms with van der Waals surface area (Å²) in [5.41, 5.74) is 8.85. The number of rotatable bonds is 11. The number of amides is 2. The largest absolute Gasteiger partial charge is 0.492 e. The molecule has 230 valence electrons. The molecule has 0 spiro atoms. The number of fused-ring (bicyclic) bond motifs is 1. The molecule has 6 rings (SSSR count). The topological polar surface area (TPSA) is 171 Å². The predicted molar refractivity (Wildman–Crippen MR) is 167 cm³/mol. The van der Waals surface area contributed by atoms with E-state index in [-0.39, 0.29) is 40.4 Å². The van der Waals surface area contributed by atoms with E-state index in [0.717, 1.165) is 22.5 Å². The number of nitrogens with two attached hydrogens (primary N) is 1. The maximum atomic E-state index is 14.0. The van der Waals surface area contributed by atoms with Crippen LogP contribution in [-0.2, 0) is 28.7 Å². The summed E-state index contributed by atoms with van der Waals surface area (Å²) in [5.74, 6) is -1.49. The summed E-state index contributed by atoms with van der Waals surface area (Å²) in [7, 11) is 1.29. The van der Waals surface area contributed by atoms with E-state index < -0.39 is 36.0 Å². The number of nitrogen functional groups attached to an aromatic ring is 1. The van der Waals surface area contributed by atoms with Crippen LogP contribution in [0.5, 0.6) is 0 Å². The van der Waals surface area contributed by atoms with Crippen molar-refractivity contribution < 1.29 is 28.7 Å². The number of hydrogen-bond donors (Lipinski definition) is 2. The van der Waals surface area contributed by atoms with Crippen molar-refractivity contribution in [3.63, 3.8) is 0 Å². The summed E-state index contributed by atoms with van der Waals surface area (Å²) in [6.45, 7) is 0.0285. The van der Waals surface area contributed by atoms with E-state index in [2.05, 4.69) is 25.7 Å². The number of carbonyl (C=O) groups excluding carboxylic acids is 3. The minimum Gasteiger partial charge on any atom is -0.492 e. The lowest BCUT2D eigenvalue weighted by Gasteiger charge is -2.49. The Morgan fingerprint density at radius 1 is 1.16 bits per heavy atom. The molecule has 45 heavy (non-hydrogen) atoms. The van der Waals surface area contributed by atoms with Crippen LogP contribution in [0, 0.1) is 0 Å². The average Bonchev–Trinajstić information content (AvgIpc) is 3.76. The number of thiazole rings is 1. The van der Waals surface area contributed by atoms with E-state index in [4.69, 9.17) is 20.0 Å². The van der Waals surface area contributed by atoms with Gasteiger partial charge in [0.2, 0.25) is 0 Å². The lowest BCUT2D eigenvalue weighted by molar-refractivity contribution is -0.163. The summed E-state index contributed by atoms with van der Waals surface area (Å²) < 4.78 is 12.9. The normalized spacial score (nSPS) is 17.8. The number of carbonyl (C=O) groups is 3. The number of ether oxygens (including phenoxy) is 2. The highest BCUT2D eigenvalue weighted by atomic mass is 32.2. The maximum Gasteiger partial charge on any atom is 0.359 e. The van der Waals surface area contributed by atoms with Crippen molar-refractivity contribution in [3.05, 3.63) is 99.8 Å². The van der Waals surface area contributed by atoms with Crippen LogP contribution in [0.4, 0.5) is 5.13 Å². The standard InChI is InChI=1S/C29H25N7O6S3/c1-40-35-21(18-13-43-28(30)32-18)25(37)33-22-19-12-41-20(14-44-29-34-31-15-45-29)23(36(19)26(22)38)27(39)42-24(16-8-4-2-5-9-16)17-10-6-3-7-11-17/h2-11,13,15,19,22,24H,12,14H2,1H3,(H2,30,32)(H,33,37)/b35-21-. The van der Waals surface area contributed by atoms with Gasteiger partial charge in [-0.3, -0.25) is 14.5 Å². The van der Waals surface area contributed by atoms with Gasteiger partial charge in [0.05, 0.1) is 5.75 Å². The molecule has 3 N–H and O–H groups in total. The summed E-state index contributed by atoms with van der Waals surface area (Å²) >= 11 is 3.79. The van der Waals surface area contributed by atoms with Crippen molar-refractivity contribution in [2.45, 2.75) is 22.5 Å². The fraction of sp³-hybridized carbons (Fsp3) is 0.207. The van der Waals surface area contributed by atoms with Gasteiger partial charge in [0.25, 0.3) is 11.8 Å². The van der Waals surface area contributed by atoms with Gasteiger partial charge >= 0.3 is 5.97 Å². The molecule has 2 aliphatic heterocycles. The minimum atomic E-state index is -1.00. The molecule has 0 saturated carbocycles. The number of aromatic nitrogens is 3. The number of nitrogens with zero attached hydrogens (tertiary/aromatic N) is 5. The van der Waals surface area contributed by atoms with Gasteiger partial charge < -0.3 is 25.4 Å². The van der Waals surface area contributed by atoms with Gasteiger partial charge in [-0.2, -0.15) is 0 Å². The first-order valence-corrected chi connectivity index (χ1v) is 16.2. The third-order valence-electron chi connectivity index (χ3n) is 6.89. The van der Waals surface area contributed by atoms with E-state index in [0.29, 0.717) is 4.34 Å². The minimum absolute atomic E-state index is 0.0285. The van der Waals surface area contributed by atoms with Crippen LogP contribution in [0.25, 0.3) is 0 Å². The fourth-order valence-corrected chi connectivity index (χ4v) is 6.85. The number of benzene rings is 2. The lowest BCUT2D eigenvalue weighted by Crippen LogP contribution is -2.73. The summed E-state index contributed by atoms with van der Waals surface area (Å²) in [5, 5.41) is 16.2. The highest BCUT2D eigenvalue weighted by Crippen LogP contribution is 2.37. The molecular weight excluding hydrogens is 639 g/mol. The fourth-order valence-electron chi connectivity index (χ4n) is 4.86. The second-order valence-electron chi connectivity index (χ2n) is 9.60. The van der Waals surface area contributed by atoms with Crippen LogP contribution in [-0.4, -0.2) is 75.1 Å². The van der Waals surface area contributed by atoms with Gasteiger partial charge in [-0.15, -0.1) is 21.5 Å². The zero-order valence-electron chi connectivity index (χ0n) is 23.6. The van der Waals surface area contributed by atoms with E-state index in [1.54, 1.807) is 10.9 Å². The summed E-state index contributed by atoms with van der Waals surface area (Å²) in [4.78, 5) is 51.2. The molecule has 2 aliphatic rings. The van der Waals surface area contributed by atoms with Crippen LogP contribution in [0.2, 0.25) is 0 Å². The molecule has 2 aromatic carbocycles. The molecule has 1 fully saturated rings. The molecule has 4 heterocycles. The second-order valence-corrected chi connectivity index (χ2v) is 12.5. The Bertz CT molecular complexity index is 1710.